The van der Waals surface area contributed by atoms with E-state index in [0.29, 0.717) is 0 Å². The lowest BCUT2D eigenvalue weighted by atomic mass is 10.9. The molecule has 1 N–H and O–H groups in total. The molecule has 0 aliphatic heterocycles. The normalized spacial score (nSPS) is 9.75. The largest absolute Gasteiger partial charge is 0.364 e. The highest BCUT2D eigenvalue weighted by Crippen LogP contribution is 1.68. The average molecular weight is 116 g/mol. The van der Waals surface area contributed by atoms with Gasteiger partial charge in [0.2, 0.25) is 0 Å². The molecule has 0 spiro atoms. The van der Waals surface area contributed by atoms with E-state index in [1.54, 1.807) is 6.92 Å². The van der Waals surface area contributed by atoms with Crippen LogP contribution in [0.4, 0.5) is 4.79 Å². The highest BCUT2D eigenvalue weighted by atomic mass is 16.6. The molecule has 0 bridgehead atoms. The fourth-order valence-electron chi connectivity index (χ4n) is 0.231. The van der Waals surface area contributed by atoms with Gasteiger partial charge in [-0.1, -0.05) is 0 Å². The Bertz CT molecular complexity index is 100. The Balaban J connectivity index is 3.33. The number of hydroxylamine groups is 1. The lowest BCUT2D eigenvalue weighted by molar-refractivity contribution is 0.112. The van der Waals surface area contributed by atoms with E-state index >= 15 is 0 Å². The molecule has 4 heteroatoms. The van der Waals surface area contributed by atoms with Crippen LogP contribution < -0.4 is 5.48 Å². The molecule has 0 saturated carbocycles. The van der Waals surface area contributed by atoms with Crippen molar-refractivity contribution in [1.82, 2.24) is 5.48 Å². The minimum absolute atomic E-state index is 0.491. The van der Waals surface area contributed by atoms with E-state index in [0.717, 1.165) is 0 Å². The molecule has 0 atom stereocenters. The molecule has 0 rings (SSSR count). The van der Waals surface area contributed by atoms with Gasteiger partial charge in [0.15, 0.2) is 0 Å². The van der Waals surface area contributed by atoms with Gasteiger partial charge in [0, 0.05) is 6.21 Å². The SMILES string of the molecule is CC=NC(=O)NOC. The summed E-state index contributed by atoms with van der Waals surface area (Å²) in [4.78, 5) is 17.8. The Morgan fingerprint density at radius 2 is 2.50 bits per heavy atom. The Morgan fingerprint density at radius 1 is 1.88 bits per heavy atom. The third-order valence-corrected chi connectivity index (χ3v) is 0.436. The van der Waals surface area contributed by atoms with Crippen LogP contribution in [0, 0.1) is 0 Å². The number of hydrogen-bond donors (Lipinski definition) is 1. The molecule has 0 aromatic rings. The Labute approximate surface area is 47.5 Å². The number of carbonyl (C=O) groups excluding carboxylic acids is 1. The van der Waals surface area contributed by atoms with Crippen LogP contribution in [0.2, 0.25) is 0 Å². The second kappa shape index (κ2) is 4.26. The topological polar surface area (TPSA) is 50.7 Å². The minimum Gasteiger partial charge on any atom is -0.275 e. The van der Waals surface area contributed by atoms with Gasteiger partial charge in [-0.3, -0.25) is 4.84 Å². The second-order valence-electron chi connectivity index (χ2n) is 0.999. The minimum atomic E-state index is -0.491. The first-order valence-corrected chi connectivity index (χ1v) is 2.13. The van der Waals surface area contributed by atoms with Crippen LogP contribution in [-0.4, -0.2) is 19.4 Å². The van der Waals surface area contributed by atoms with Crippen LogP contribution in [0.1, 0.15) is 6.92 Å². The summed E-state index contributed by atoms with van der Waals surface area (Å²) in [5, 5.41) is 0. The maximum Gasteiger partial charge on any atom is 0.364 e. The van der Waals surface area contributed by atoms with E-state index in [1.807, 2.05) is 5.48 Å². The van der Waals surface area contributed by atoms with E-state index in [2.05, 4.69) is 9.83 Å². The number of rotatable bonds is 1. The zero-order chi connectivity index (χ0) is 6.41. The monoisotopic (exact) mass is 116 g/mol. The molecule has 0 saturated heterocycles. The smallest absolute Gasteiger partial charge is 0.275 e. The third-order valence-electron chi connectivity index (χ3n) is 0.436. The van der Waals surface area contributed by atoms with Crippen molar-refractivity contribution < 1.29 is 9.63 Å². The van der Waals surface area contributed by atoms with Gasteiger partial charge in [0.25, 0.3) is 0 Å². The molecule has 0 aromatic carbocycles. The van der Waals surface area contributed by atoms with Crippen molar-refractivity contribution in [1.29, 1.82) is 0 Å². The molecule has 8 heavy (non-hydrogen) atoms. The van der Waals surface area contributed by atoms with Crippen molar-refractivity contribution in [3.05, 3.63) is 0 Å². The van der Waals surface area contributed by atoms with E-state index in [4.69, 9.17) is 0 Å². The van der Waals surface area contributed by atoms with Crippen LogP contribution in [-0.2, 0) is 4.84 Å². The van der Waals surface area contributed by atoms with Crippen molar-refractivity contribution in [2.75, 3.05) is 7.11 Å². The van der Waals surface area contributed by atoms with Gasteiger partial charge < -0.3 is 0 Å². The highest BCUT2D eigenvalue weighted by molar-refractivity contribution is 5.81. The first-order valence-electron chi connectivity index (χ1n) is 2.13. The van der Waals surface area contributed by atoms with Crippen LogP contribution in [0.5, 0.6) is 0 Å². The van der Waals surface area contributed by atoms with Gasteiger partial charge in [-0.2, -0.15) is 0 Å². The summed E-state index contributed by atoms with van der Waals surface area (Å²) in [6, 6.07) is -0.491. The Morgan fingerprint density at radius 3 is 2.88 bits per heavy atom. The number of carbonyl (C=O) groups is 1. The van der Waals surface area contributed by atoms with Crippen molar-refractivity contribution in [2.45, 2.75) is 6.92 Å². The number of amides is 2. The van der Waals surface area contributed by atoms with Crippen LogP contribution in [0.25, 0.3) is 0 Å². The quantitative estimate of drug-likeness (QED) is 0.397. The molecule has 0 aliphatic rings. The molecule has 0 unspecified atom stereocenters. The van der Waals surface area contributed by atoms with Crippen molar-refractivity contribution in [2.24, 2.45) is 4.99 Å². The molecule has 0 heterocycles. The lowest BCUT2D eigenvalue weighted by Gasteiger charge is -1.91. The summed E-state index contributed by atoms with van der Waals surface area (Å²) in [5.41, 5.74) is 2.01. The summed E-state index contributed by atoms with van der Waals surface area (Å²) in [6.07, 6.45) is 1.38. The molecule has 0 aromatic heterocycles. The number of nitrogens with zero attached hydrogens (tertiary/aromatic N) is 1. The standard InChI is InChI=1S/C4H8N2O2/c1-3-5-4(7)6-8-2/h3H,1-2H3,(H,6,7). The molecule has 0 fully saturated rings. The number of hydrogen-bond acceptors (Lipinski definition) is 2. The molecule has 0 radical (unpaired) electrons. The Kier molecular flexibility index (Phi) is 3.78. The van der Waals surface area contributed by atoms with Crippen molar-refractivity contribution >= 4 is 12.2 Å². The molecule has 4 nitrogen and oxygen atoms in total. The van der Waals surface area contributed by atoms with Crippen LogP contribution >= 0.6 is 0 Å². The Hall–Kier alpha value is -0.900. The summed E-state index contributed by atoms with van der Waals surface area (Å²) < 4.78 is 0. The number of aliphatic imine (C=N–C) groups is 1. The molecule has 46 valence electrons. The second-order valence-corrected chi connectivity index (χ2v) is 0.999. The van der Waals surface area contributed by atoms with Gasteiger partial charge in [0.05, 0.1) is 7.11 Å². The van der Waals surface area contributed by atoms with E-state index < -0.39 is 6.03 Å². The summed E-state index contributed by atoms with van der Waals surface area (Å²) >= 11 is 0. The lowest BCUT2D eigenvalue weighted by Crippen LogP contribution is -2.17. The predicted molar refractivity (Wildman–Crippen MR) is 29.7 cm³/mol. The molecular weight excluding hydrogens is 108 g/mol. The molecule has 2 amide bonds. The van der Waals surface area contributed by atoms with Crippen molar-refractivity contribution in [3.8, 4) is 0 Å². The summed E-state index contributed by atoms with van der Waals surface area (Å²) in [6.45, 7) is 1.65. The van der Waals surface area contributed by atoms with Gasteiger partial charge in [-0.05, 0) is 6.92 Å². The van der Waals surface area contributed by atoms with Gasteiger partial charge in [0.1, 0.15) is 0 Å². The first kappa shape index (κ1) is 7.10. The maximum atomic E-state index is 10.2. The highest BCUT2D eigenvalue weighted by Gasteiger charge is 1.88. The zero-order valence-electron chi connectivity index (χ0n) is 4.84. The fraction of sp³-hybridized carbons (Fsp3) is 0.500. The van der Waals surface area contributed by atoms with Crippen LogP contribution in [0.15, 0.2) is 4.99 Å². The van der Waals surface area contributed by atoms with Crippen LogP contribution in [0.3, 0.4) is 0 Å². The van der Waals surface area contributed by atoms with E-state index in [1.165, 1.54) is 13.3 Å². The van der Waals surface area contributed by atoms with Gasteiger partial charge in [-0.25, -0.2) is 15.3 Å². The van der Waals surface area contributed by atoms with Gasteiger partial charge in [-0.15, -0.1) is 0 Å². The van der Waals surface area contributed by atoms with Gasteiger partial charge >= 0.3 is 6.03 Å². The molecular formula is C4H8N2O2. The third kappa shape index (κ3) is 3.30. The van der Waals surface area contributed by atoms with E-state index in [9.17, 15) is 4.79 Å². The first-order chi connectivity index (χ1) is 3.81. The summed E-state index contributed by atoms with van der Waals surface area (Å²) in [5.74, 6) is 0. The summed E-state index contributed by atoms with van der Waals surface area (Å²) in [7, 11) is 1.35. The number of urea groups is 1. The zero-order valence-corrected chi connectivity index (χ0v) is 4.84. The average Bonchev–Trinajstić information content (AvgIpc) is 1.68. The molecule has 0 aliphatic carbocycles. The number of nitrogens with one attached hydrogen (secondary N) is 1. The predicted octanol–water partition coefficient (Wildman–Crippen LogP) is 0.348. The van der Waals surface area contributed by atoms with Crippen molar-refractivity contribution in [3.63, 3.8) is 0 Å². The fourth-order valence-corrected chi connectivity index (χ4v) is 0.231. The van der Waals surface area contributed by atoms with E-state index in [-0.39, 0.29) is 0 Å². The maximum absolute atomic E-state index is 10.2.